The molecule has 1 rings (SSSR count). The fourth-order valence-electron chi connectivity index (χ4n) is 1.61. The Hall–Kier alpha value is -1.14. The second kappa shape index (κ2) is 5.27. The first-order chi connectivity index (χ1) is 7.43. The molecule has 1 saturated heterocycles. The highest BCUT2D eigenvalue weighted by atomic mass is 16.5. The van der Waals surface area contributed by atoms with Gasteiger partial charge in [0.2, 0.25) is 5.91 Å². The van der Waals surface area contributed by atoms with Crippen LogP contribution in [0.4, 0.5) is 0 Å². The van der Waals surface area contributed by atoms with Crippen LogP contribution in [0.3, 0.4) is 0 Å². The Labute approximate surface area is 94.1 Å². The van der Waals surface area contributed by atoms with Gasteiger partial charge >= 0.3 is 5.97 Å². The van der Waals surface area contributed by atoms with Gasteiger partial charge in [0.05, 0.1) is 19.1 Å². The Morgan fingerprint density at radius 1 is 1.44 bits per heavy atom. The molecule has 16 heavy (non-hydrogen) atoms. The first-order valence-electron chi connectivity index (χ1n) is 5.30. The summed E-state index contributed by atoms with van der Waals surface area (Å²) in [6, 6.07) is -1.22. The molecular formula is C10H18N2O4. The molecule has 0 bridgehead atoms. The van der Waals surface area contributed by atoms with Crippen molar-refractivity contribution in [1.29, 1.82) is 0 Å². The maximum atomic E-state index is 11.7. The zero-order chi connectivity index (χ0) is 12.3. The average Bonchev–Trinajstić information content (AvgIpc) is 2.59. The van der Waals surface area contributed by atoms with Gasteiger partial charge in [0.25, 0.3) is 0 Å². The lowest BCUT2D eigenvalue weighted by atomic mass is 10.0. The molecule has 6 nitrogen and oxygen atoms in total. The van der Waals surface area contributed by atoms with Gasteiger partial charge in [-0.15, -0.1) is 0 Å². The van der Waals surface area contributed by atoms with Gasteiger partial charge in [0.1, 0.15) is 6.04 Å². The molecule has 6 heteroatoms. The number of carboxylic acid groups (broad SMARTS) is 1. The van der Waals surface area contributed by atoms with Gasteiger partial charge in [-0.05, 0) is 5.92 Å². The van der Waals surface area contributed by atoms with Crippen molar-refractivity contribution in [1.82, 2.24) is 5.32 Å². The Morgan fingerprint density at radius 2 is 2.06 bits per heavy atom. The smallest absolute Gasteiger partial charge is 0.326 e. The van der Waals surface area contributed by atoms with E-state index in [0.29, 0.717) is 6.61 Å². The molecule has 0 aromatic carbocycles. The zero-order valence-corrected chi connectivity index (χ0v) is 9.47. The van der Waals surface area contributed by atoms with Gasteiger partial charge in [-0.25, -0.2) is 4.79 Å². The number of amides is 1. The summed E-state index contributed by atoms with van der Waals surface area (Å²) in [7, 11) is 0. The number of hydrogen-bond donors (Lipinski definition) is 3. The molecule has 1 amide bonds. The first kappa shape index (κ1) is 12.9. The second-order valence-electron chi connectivity index (χ2n) is 4.38. The average molecular weight is 230 g/mol. The number of nitrogens with two attached hydrogens (primary N) is 1. The van der Waals surface area contributed by atoms with Gasteiger partial charge in [-0.1, -0.05) is 13.8 Å². The minimum atomic E-state index is -1.03. The van der Waals surface area contributed by atoms with Crippen molar-refractivity contribution in [3.05, 3.63) is 0 Å². The number of aliphatic carboxylic acids is 1. The molecule has 2 unspecified atom stereocenters. The Bertz CT molecular complexity index is 280. The molecular weight excluding hydrogens is 212 g/mol. The van der Waals surface area contributed by atoms with Crippen LogP contribution >= 0.6 is 0 Å². The van der Waals surface area contributed by atoms with Gasteiger partial charge in [-0.2, -0.15) is 0 Å². The molecule has 0 aromatic heterocycles. The maximum Gasteiger partial charge on any atom is 0.326 e. The largest absolute Gasteiger partial charge is 0.480 e. The van der Waals surface area contributed by atoms with Crippen molar-refractivity contribution in [2.75, 3.05) is 13.2 Å². The van der Waals surface area contributed by atoms with E-state index in [9.17, 15) is 9.59 Å². The van der Waals surface area contributed by atoms with E-state index in [1.54, 1.807) is 13.8 Å². The number of carbonyl (C=O) groups is 2. The van der Waals surface area contributed by atoms with Crippen molar-refractivity contribution in [2.24, 2.45) is 17.6 Å². The van der Waals surface area contributed by atoms with Crippen LogP contribution in [0.25, 0.3) is 0 Å². The predicted molar refractivity (Wildman–Crippen MR) is 56.7 cm³/mol. The normalized spacial score (nSPS) is 26.8. The van der Waals surface area contributed by atoms with Crippen LogP contribution in [0.15, 0.2) is 0 Å². The second-order valence-corrected chi connectivity index (χ2v) is 4.38. The standard InChI is InChI=1S/C10H18N2O4/c1-5(2)8(10(14)15)12-9(13)6-3-16-4-7(6)11/h5-8H,3-4,11H2,1-2H3,(H,12,13)(H,14,15)/t6?,7?,8-/m0/s1. The SMILES string of the molecule is CC(C)[C@H](NC(=O)C1COCC1N)C(=O)O. The molecule has 0 radical (unpaired) electrons. The van der Waals surface area contributed by atoms with E-state index in [0.717, 1.165) is 0 Å². The van der Waals surface area contributed by atoms with Gasteiger partial charge < -0.3 is 20.9 Å². The lowest BCUT2D eigenvalue weighted by molar-refractivity contribution is -0.143. The van der Waals surface area contributed by atoms with Gasteiger partial charge in [-0.3, -0.25) is 4.79 Å². The fraction of sp³-hybridized carbons (Fsp3) is 0.800. The fourth-order valence-corrected chi connectivity index (χ4v) is 1.61. The van der Waals surface area contributed by atoms with Crippen molar-refractivity contribution in [2.45, 2.75) is 25.9 Å². The molecule has 1 fully saturated rings. The summed E-state index contributed by atoms with van der Waals surface area (Å²) in [5, 5.41) is 11.4. The Balaban J connectivity index is 2.58. The number of carboxylic acids is 1. The third-order valence-corrected chi connectivity index (χ3v) is 2.69. The number of carbonyl (C=O) groups excluding carboxylic acids is 1. The molecule has 0 aromatic rings. The number of rotatable bonds is 4. The molecule has 92 valence electrons. The highest BCUT2D eigenvalue weighted by molar-refractivity contribution is 5.85. The van der Waals surface area contributed by atoms with E-state index in [2.05, 4.69) is 5.32 Å². The van der Waals surface area contributed by atoms with Crippen LogP contribution in [0.5, 0.6) is 0 Å². The highest BCUT2D eigenvalue weighted by Gasteiger charge is 2.34. The molecule has 1 aliphatic rings. The van der Waals surface area contributed by atoms with E-state index < -0.39 is 17.9 Å². The van der Waals surface area contributed by atoms with Crippen LogP contribution in [0, 0.1) is 11.8 Å². The van der Waals surface area contributed by atoms with Gasteiger partial charge in [0, 0.05) is 6.04 Å². The number of hydrogen-bond acceptors (Lipinski definition) is 4. The van der Waals surface area contributed by atoms with Crippen molar-refractivity contribution >= 4 is 11.9 Å². The van der Waals surface area contributed by atoms with Crippen molar-refractivity contribution < 1.29 is 19.4 Å². The summed E-state index contributed by atoms with van der Waals surface area (Å²) in [4.78, 5) is 22.6. The molecule has 1 heterocycles. The third kappa shape index (κ3) is 2.93. The van der Waals surface area contributed by atoms with Crippen LogP contribution in [-0.4, -0.2) is 42.3 Å². The summed E-state index contributed by atoms with van der Waals surface area (Å²) in [6.07, 6.45) is 0. The Kier molecular flexibility index (Phi) is 4.26. The number of nitrogens with one attached hydrogen (secondary N) is 1. The first-order valence-corrected chi connectivity index (χ1v) is 5.30. The lowest BCUT2D eigenvalue weighted by Gasteiger charge is -2.21. The van der Waals surface area contributed by atoms with Crippen molar-refractivity contribution in [3.8, 4) is 0 Å². The zero-order valence-electron chi connectivity index (χ0n) is 9.47. The minimum absolute atomic E-state index is 0.167. The monoisotopic (exact) mass is 230 g/mol. The summed E-state index contributed by atoms with van der Waals surface area (Å²) >= 11 is 0. The number of ether oxygens (including phenoxy) is 1. The highest BCUT2D eigenvalue weighted by Crippen LogP contribution is 2.13. The van der Waals surface area contributed by atoms with Crippen LogP contribution in [-0.2, 0) is 14.3 Å². The molecule has 0 aliphatic carbocycles. The van der Waals surface area contributed by atoms with Crippen LogP contribution in [0.1, 0.15) is 13.8 Å². The van der Waals surface area contributed by atoms with Gasteiger partial charge in [0.15, 0.2) is 0 Å². The van der Waals surface area contributed by atoms with E-state index in [1.807, 2.05) is 0 Å². The minimum Gasteiger partial charge on any atom is -0.480 e. The van der Waals surface area contributed by atoms with Crippen LogP contribution in [0.2, 0.25) is 0 Å². The molecule has 1 aliphatic heterocycles. The molecule has 0 spiro atoms. The quantitative estimate of drug-likeness (QED) is 0.586. The van der Waals surface area contributed by atoms with E-state index in [4.69, 9.17) is 15.6 Å². The van der Waals surface area contributed by atoms with E-state index in [1.165, 1.54) is 0 Å². The van der Waals surface area contributed by atoms with Crippen molar-refractivity contribution in [3.63, 3.8) is 0 Å². The summed E-state index contributed by atoms with van der Waals surface area (Å²) in [5.74, 6) is -1.98. The predicted octanol–water partition coefficient (Wildman–Crippen LogP) is -0.814. The van der Waals surface area contributed by atoms with E-state index in [-0.39, 0.29) is 24.5 Å². The Morgan fingerprint density at radius 3 is 2.44 bits per heavy atom. The third-order valence-electron chi connectivity index (χ3n) is 2.69. The molecule has 3 atom stereocenters. The summed E-state index contributed by atoms with van der Waals surface area (Å²) < 4.78 is 5.06. The topological polar surface area (TPSA) is 102 Å². The maximum absolute atomic E-state index is 11.7. The lowest BCUT2D eigenvalue weighted by Crippen LogP contribution is -2.49. The van der Waals surface area contributed by atoms with E-state index >= 15 is 0 Å². The van der Waals surface area contributed by atoms with Crippen LogP contribution < -0.4 is 11.1 Å². The molecule has 0 saturated carbocycles. The summed E-state index contributed by atoms with van der Waals surface area (Å²) in [5.41, 5.74) is 5.67. The summed E-state index contributed by atoms with van der Waals surface area (Å²) in [6.45, 7) is 4.09. The molecule has 4 N–H and O–H groups in total.